The SMILES string of the molecule is COc1ccc(C(=O)Nc2c(N)nc(SCC(=O)Nc3cc(C)on3)[nH]c2=O)cc1. The Morgan fingerprint density at radius 3 is 2.60 bits per heavy atom. The minimum Gasteiger partial charge on any atom is -0.497 e. The van der Waals surface area contributed by atoms with Crippen LogP contribution in [0.5, 0.6) is 5.75 Å². The number of nitrogen functional groups attached to an aromatic ring is 1. The second-order valence-corrected chi connectivity index (χ2v) is 6.94. The molecule has 0 saturated heterocycles. The minimum atomic E-state index is -0.639. The maximum Gasteiger partial charge on any atom is 0.277 e. The van der Waals surface area contributed by atoms with Gasteiger partial charge >= 0.3 is 0 Å². The molecule has 30 heavy (non-hydrogen) atoms. The molecule has 2 heterocycles. The number of benzene rings is 1. The van der Waals surface area contributed by atoms with Crippen LogP contribution in [0.3, 0.4) is 0 Å². The maximum absolute atomic E-state index is 12.3. The lowest BCUT2D eigenvalue weighted by Crippen LogP contribution is -2.23. The highest BCUT2D eigenvalue weighted by Crippen LogP contribution is 2.18. The van der Waals surface area contributed by atoms with E-state index in [0.717, 1.165) is 11.8 Å². The van der Waals surface area contributed by atoms with Gasteiger partial charge in [0.05, 0.1) is 12.9 Å². The van der Waals surface area contributed by atoms with E-state index in [-0.39, 0.29) is 34.1 Å². The van der Waals surface area contributed by atoms with Crippen molar-refractivity contribution in [3.05, 3.63) is 52.0 Å². The summed E-state index contributed by atoms with van der Waals surface area (Å²) in [6.45, 7) is 1.70. The van der Waals surface area contributed by atoms with Crippen LogP contribution in [0.2, 0.25) is 0 Å². The van der Waals surface area contributed by atoms with Gasteiger partial charge in [-0.1, -0.05) is 16.9 Å². The summed E-state index contributed by atoms with van der Waals surface area (Å²) < 4.78 is 9.90. The molecule has 0 atom stereocenters. The second kappa shape index (κ2) is 9.13. The van der Waals surface area contributed by atoms with E-state index in [2.05, 4.69) is 25.8 Å². The predicted molar refractivity (Wildman–Crippen MR) is 111 cm³/mol. The molecule has 0 radical (unpaired) electrons. The number of H-pyrrole nitrogens is 1. The van der Waals surface area contributed by atoms with Crippen molar-refractivity contribution >= 4 is 40.9 Å². The van der Waals surface area contributed by atoms with Gasteiger partial charge in [0, 0.05) is 11.6 Å². The number of aromatic amines is 1. The molecular formula is C18H18N6O5S. The molecule has 12 heteroatoms. The fraction of sp³-hybridized carbons (Fsp3) is 0.167. The lowest BCUT2D eigenvalue weighted by molar-refractivity contribution is -0.113. The smallest absolute Gasteiger partial charge is 0.277 e. The van der Waals surface area contributed by atoms with Gasteiger partial charge in [-0.15, -0.1) is 0 Å². The summed E-state index contributed by atoms with van der Waals surface area (Å²) in [6.07, 6.45) is 0. The number of nitrogens with one attached hydrogen (secondary N) is 3. The van der Waals surface area contributed by atoms with E-state index in [1.165, 1.54) is 7.11 Å². The number of hydrogen-bond acceptors (Lipinski definition) is 9. The van der Waals surface area contributed by atoms with Crippen molar-refractivity contribution in [3.63, 3.8) is 0 Å². The average molecular weight is 430 g/mol. The van der Waals surface area contributed by atoms with Gasteiger partial charge in [-0.3, -0.25) is 19.4 Å². The van der Waals surface area contributed by atoms with E-state index < -0.39 is 11.5 Å². The molecule has 0 aliphatic rings. The van der Waals surface area contributed by atoms with Crippen molar-refractivity contribution in [2.75, 3.05) is 29.2 Å². The highest BCUT2D eigenvalue weighted by Gasteiger charge is 2.15. The van der Waals surface area contributed by atoms with E-state index in [1.54, 1.807) is 37.3 Å². The first-order chi connectivity index (χ1) is 14.4. The standard InChI is InChI=1S/C18H18N6O5S/c1-9-7-12(24-29-9)20-13(25)8-30-18-22-15(19)14(17(27)23-18)21-16(26)10-3-5-11(28-2)6-4-10/h3-7H,8H2,1-2H3,(H,21,26)(H,20,24,25)(H3,19,22,23,27). The Morgan fingerprint density at radius 1 is 1.27 bits per heavy atom. The number of aryl methyl sites for hydroxylation is 1. The maximum atomic E-state index is 12.3. The Morgan fingerprint density at radius 2 is 2.00 bits per heavy atom. The van der Waals surface area contributed by atoms with Crippen LogP contribution in [0.15, 0.2) is 44.8 Å². The number of aromatic nitrogens is 3. The molecule has 1 aromatic carbocycles. The zero-order valence-corrected chi connectivity index (χ0v) is 16.8. The van der Waals surface area contributed by atoms with E-state index in [1.807, 2.05) is 0 Å². The molecule has 0 fully saturated rings. The van der Waals surface area contributed by atoms with Crippen LogP contribution in [-0.4, -0.2) is 39.8 Å². The summed E-state index contributed by atoms with van der Waals surface area (Å²) in [6, 6.07) is 7.90. The van der Waals surface area contributed by atoms with Gasteiger partial charge < -0.3 is 25.6 Å². The van der Waals surface area contributed by atoms with Crippen molar-refractivity contribution in [1.82, 2.24) is 15.1 Å². The number of hydrogen-bond donors (Lipinski definition) is 4. The fourth-order valence-corrected chi connectivity index (χ4v) is 2.99. The molecule has 3 rings (SSSR count). The summed E-state index contributed by atoms with van der Waals surface area (Å²) in [4.78, 5) is 43.1. The molecule has 0 aliphatic heterocycles. The molecule has 0 saturated carbocycles. The van der Waals surface area contributed by atoms with Gasteiger partial charge in [-0.25, -0.2) is 4.98 Å². The Balaban J connectivity index is 1.63. The van der Waals surface area contributed by atoms with Gasteiger partial charge in [0.25, 0.3) is 11.5 Å². The number of ether oxygens (including phenoxy) is 1. The molecule has 2 aromatic heterocycles. The Kier molecular flexibility index (Phi) is 6.37. The van der Waals surface area contributed by atoms with Gasteiger partial charge in [0.15, 0.2) is 16.8 Å². The summed E-state index contributed by atoms with van der Waals surface area (Å²) in [5, 5.41) is 8.77. The number of nitrogens with zero attached hydrogens (tertiary/aromatic N) is 2. The van der Waals surface area contributed by atoms with Crippen molar-refractivity contribution in [2.24, 2.45) is 0 Å². The van der Waals surface area contributed by atoms with Crippen LogP contribution in [0.1, 0.15) is 16.1 Å². The highest BCUT2D eigenvalue weighted by molar-refractivity contribution is 7.99. The quantitative estimate of drug-likeness (QED) is 0.322. The molecule has 11 nitrogen and oxygen atoms in total. The first-order valence-electron chi connectivity index (χ1n) is 8.57. The number of carbonyl (C=O) groups is 2. The summed E-state index contributed by atoms with van der Waals surface area (Å²) >= 11 is 0.967. The summed E-state index contributed by atoms with van der Waals surface area (Å²) in [7, 11) is 1.51. The molecular weight excluding hydrogens is 412 g/mol. The average Bonchev–Trinajstić information content (AvgIpc) is 3.13. The highest BCUT2D eigenvalue weighted by atomic mass is 32.2. The molecule has 156 valence electrons. The third-order valence-electron chi connectivity index (χ3n) is 3.75. The number of methoxy groups -OCH3 is 1. The lowest BCUT2D eigenvalue weighted by atomic mass is 10.2. The van der Waals surface area contributed by atoms with Crippen molar-refractivity contribution in [2.45, 2.75) is 12.1 Å². The Labute approximate surface area is 174 Å². The Hall–Kier alpha value is -3.80. The Bertz CT molecular complexity index is 1120. The van der Waals surface area contributed by atoms with Crippen LogP contribution in [-0.2, 0) is 4.79 Å². The third kappa shape index (κ3) is 5.17. The van der Waals surface area contributed by atoms with E-state index in [9.17, 15) is 14.4 Å². The first kappa shape index (κ1) is 20.9. The molecule has 5 N–H and O–H groups in total. The summed E-state index contributed by atoms with van der Waals surface area (Å²) in [5.41, 5.74) is 5.32. The van der Waals surface area contributed by atoms with Gasteiger partial charge in [0.2, 0.25) is 5.91 Å². The first-order valence-corrected chi connectivity index (χ1v) is 9.55. The molecule has 0 aliphatic carbocycles. The zero-order chi connectivity index (χ0) is 21.7. The van der Waals surface area contributed by atoms with Gasteiger partial charge in [0.1, 0.15) is 17.2 Å². The van der Waals surface area contributed by atoms with Crippen molar-refractivity contribution in [3.8, 4) is 5.75 Å². The van der Waals surface area contributed by atoms with Crippen LogP contribution in [0.4, 0.5) is 17.3 Å². The van der Waals surface area contributed by atoms with E-state index in [0.29, 0.717) is 17.1 Å². The molecule has 2 amide bonds. The van der Waals surface area contributed by atoms with Crippen LogP contribution in [0.25, 0.3) is 0 Å². The van der Waals surface area contributed by atoms with Crippen molar-refractivity contribution in [1.29, 1.82) is 0 Å². The number of amides is 2. The normalized spacial score (nSPS) is 10.5. The monoisotopic (exact) mass is 430 g/mol. The molecule has 3 aromatic rings. The number of nitrogens with two attached hydrogens (primary N) is 1. The minimum absolute atomic E-state index is 0.0498. The van der Waals surface area contributed by atoms with Crippen LogP contribution >= 0.6 is 11.8 Å². The molecule has 0 spiro atoms. The van der Waals surface area contributed by atoms with E-state index >= 15 is 0 Å². The number of carbonyl (C=O) groups excluding carboxylic acids is 2. The second-order valence-electron chi connectivity index (χ2n) is 5.97. The van der Waals surface area contributed by atoms with Gasteiger partial charge in [-0.05, 0) is 31.2 Å². The predicted octanol–water partition coefficient (Wildman–Crippen LogP) is 1.64. The van der Waals surface area contributed by atoms with Crippen LogP contribution < -0.4 is 26.7 Å². The van der Waals surface area contributed by atoms with Crippen molar-refractivity contribution < 1.29 is 18.8 Å². The zero-order valence-electron chi connectivity index (χ0n) is 16.0. The number of rotatable bonds is 7. The fourth-order valence-electron chi connectivity index (χ4n) is 2.32. The lowest BCUT2D eigenvalue weighted by Gasteiger charge is -2.09. The molecule has 0 unspecified atom stereocenters. The van der Waals surface area contributed by atoms with Gasteiger partial charge in [-0.2, -0.15) is 0 Å². The molecule has 0 bridgehead atoms. The topological polar surface area (TPSA) is 165 Å². The number of thioether (sulfide) groups is 1. The summed E-state index contributed by atoms with van der Waals surface area (Å²) in [5.74, 6) is 0.321. The largest absolute Gasteiger partial charge is 0.497 e. The third-order valence-corrected chi connectivity index (χ3v) is 4.63. The van der Waals surface area contributed by atoms with Crippen LogP contribution in [0, 0.1) is 6.92 Å². The van der Waals surface area contributed by atoms with E-state index in [4.69, 9.17) is 15.0 Å². The number of anilines is 3.